The average molecular weight is 144 g/mol. The lowest BCUT2D eigenvalue weighted by molar-refractivity contribution is -0.386. The predicted molar refractivity (Wildman–Crippen MR) is 33.0 cm³/mol. The number of hydrogen-bond donors (Lipinski definition) is 1. The quantitative estimate of drug-likeness (QED) is 0.601. The van der Waals surface area contributed by atoms with E-state index in [0.29, 0.717) is 12.1 Å². The summed E-state index contributed by atoms with van der Waals surface area (Å²) in [5.41, 5.74) is 3.93. The summed E-state index contributed by atoms with van der Waals surface area (Å²) in [6.07, 6.45) is 0. The zero-order valence-electron chi connectivity index (χ0n) is 5.40. The lowest BCUT2D eigenvalue weighted by Gasteiger charge is -1.94. The average Bonchev–Trinajstić information content (AvgIpc) is 1.88. The maximum Gasteiger partial charge on any atom is 0.134 e. The van der Waals surface area contributed by atoms with Gasteiger partial charge in [0.1, 0.15) is 18.2 Å². The van der Waals surface area contributed by atoms with Crippen LogP contribution in [0.3, 0.4) is 0 Å². The van der Waals surface area contributed by atoms with Crippen LogP contribution in [0.15, 0.2) is 18.2 Å². The Morgan fingerprint density at radius 3 is 2.50 bits per heavy atom. The summed E-state index contributed by atoms with van der Waals surface area (Å²) in [5, 5.41) is 0. The van der Waals surface area contributed by atoms with Crippen LogP contribution in [-0.4, -0.2) is 0 Å². The Morgan fingerprint density at radius 1 is 1.30 bits per heavy atom. The molecule has 3 N–H and O–H groups in total. The van der Waals surface area contributed by atoms with E-state index in [1.54, 1.807) is 0 Å². The van der Waals surface area contributed by atoms with Gasteiger partial charge in [-0.3, -0.25) is 0 Å². The number of benzene rings is 1. The fourth-order valence-corrected chi connectivity index (χ4v) is 0.724. The minimum Gasteiger partial charge on any atom is -0.354 e. The monoisotopic (exact) mass is 144 g/mol. The van der Waals surface area contributed by atoms with Gasteiger partial charge in [-0.15, -0.1) is 0 Å². The lowest BCUT2D eigenvalue weighted by Crippen LogP contribution is -2.47. The highest BCUT2D eigenvalue weighted by Crippen LogP contribution is 2.07. The van der Waals surface area contributed by atoms with E-state index in [4.69, 9.17) is 0 Å². The molecule has 1 nitrogen and oxygen atoms in total. The Labute approximate surface area is 57.5 Å². The molecule has 0 fully saturated rings. The van der Waals surface area contributed by atoms with Crippen LogP contribution in [0.5, 0.6) is 0 Å². The summed E-state index contributed by atoms with van der Waals surface area (Å²) in [4.78, 5) is 0. The molecule has 1 aromatic rings. The van der Waals surface area contributed by atoms with E-state index in [1.807, 2.05) is 0 Å². The van der Waals surface area contributed by atoms with E-state index < -0.39 is 11.6 Å². The van der Waals surface area contributed by atoms with Crippen molar-refractivity contribution >= 4 is 0 Å². The molecule has 1 rings (SSSR count). The van der Waals surface area contributed by atoms with Gasteiger partial charge in [0, 0.05) is 11.6 Å². The van der Waals surface area contributed by atoms with Gasteiger partial charge in [0.2, 0.25) is 0 Å². The summed E-state index contributed by atoms with van der Waals surface area (Å²) < 4.78 is 24.8. The molecule has 54 valence electrons. The Morgan fingerprint density at radius 2 is 2.00 bits per heavy atom. The molecular formula is C7H8F2N+. The van der Waals surface area contributed by atoms with Gasteiger partial charge in [-0.05, 0) is 12.1 Å². The molecule has 0 radical (unpaired) electrons. The molecular weight excluding hydrogens is 136 g/mol. The fraction of sp³-hybridized carbons (Fsp3) is 0.143. The number of halogens is 2. The molecule has 0 heterocycles. The topological polar surface area (TPSA) is 27.6 Å². The Kier molecular flexibility index (Phi) is 1.97. The van der Waals surface area contributed by atoms with Crippen LogP contribution in [0.1, 0.15) is 5.56 Å². The van der Waals surface area contributed by atoms with Crippen molar-refractivity contribution in [1.82, 2.24) is 0 Å². The van der Waals surface area contributed by atoms with E-state index in [-0.39, 0.29) is 0 Å². The van der Waals surface area contributed by atoms with Crippen LogP contribution >= 0.6 is 0 Å². The highest BCUT2D eigenvalue weighted by Gasteiger charge is 2.01. The molecule has 0 amide bonds. The van der Waals surface area contributed by atoms with Crippen LogP contribution in [0, 0.1) is 11.6 Å². The van der Waals surface area contributed by atoms with Crippen LogP contribution in [0.4, 0.5) is 8.78 Å². The Hall–Kier alpha value is -0.960. The van der Waals surface area contributed by atoms with Crippen molar-refractivity contribution in [3.8, 4) is 0 Å². The van der Waals surface area contributed by atoms with E-state index in [2.05, 4.69) is 5.73 Å². The lowest BCUT2D eigenvalue weighted by atomic mass is 10.2. The zero-order chi connectivity index (χ0) is 7.56. The molecule has 0 aromatic heterocycles. The molecule has 10 heavy (non-hydrogen) atoms. The van der Waals surface area contributed by atoms with Crippen LogP contribution in [-0.2, 0) is 6.54 Å². The maximum absolute atomic E-state index is 12.6. The predicted octanol–water partition coefficient (Wildman–Crippen LogP) is 0.707. The zero-order valence-corrected chi connectivity index (χ0v) is 5.40. The van der Waals surface area contributed by atoms with Crippen molar-refractivity contribution in [2.75, 3.05) is 0 Å². The summed E-state index contributed by atoms with van der Waals surface area (Å²) in [5.74, 6) is -1.07. The summed E-state index contributed by atoms with van der Waals surface area (Å²) in [6.45, 7) is 0.353. The molecule has 0 aliphatic carbocycles. The smallest absolute Gasteiger partial charge is 0.134 e. The molecule has 0 unspecified atom stereocenters. The maximum atomic E-state index is 12.6. The van der Waals surface area contributed by atoms with Crippen molar-refractivity contribution in [1.29, 1.82) is 0 Å². The van der Waals surface area contributed by atoms with Crippen molar-refractivity contribution < 1.29 is 14.5 Å². The number of quaternary nitrogens is 1. The molecule has 1 aromatic carbocycles. The fourth-order valence-electron chi connectivity index (χ4n) is 0.724. The highest BCUT2D eigenvalue weighted by molar-refractivity contribution is 5.17. The standard InChI is InChI=1S/C7H7F2N/c8-6-2-1-5(4-10)7(9)3-6/h1-3H,4,10H2/p+1. The van der Waals surface area contributed by atoms with Gasteiger partial charge in [-0.2, -0.15) is 0 Å². The van der Waals surface area contributed by atoms with Crippen molar-refractivity contribution in [3.05, 3.63) is 35.4 Å². The second-order valence-corrected chi connectivity index (χ2v) is 1.99. The van der Waals surface area contributed by atoms with Crippen LogP contribution < -0.4 is 5.73 Å². The summed E-state index contributed by atoms with van der Waals surface area (Å²) in [6, 6.07) is 3.49. The van der Waals surface area contributed by atoms with Gasteiger partial charge in [0.05, 0.1) is 0 Å². The summed E-state index contributed by atoms with van der Waals surface area (Å²) in [7, 11) is 0. The van der Waals surface area contributed by atoms with Crippen LogP contribution in [0.25, 0.3) is 0 Å². The minimum absolute atomic E-state index is 0.353. The third-order valence-corrected chi connectivity index (χ3v) is 1.28. The van der Waals surface area contributed by atoms with Gasteiger partial charge in [0.15, 0.2) is 0 Å². The molecule has 0 aliphatic heterocycles. The van der Waals surface area contributed by atoms with Crippen molar-refractivity contribution in [2.24, 2.45) is 0 Å². The van der Waals surface area contributed by atoms with Gasteiger partial charge in [0.25, 0.3) is 0 Å². The van der Waals surface area contributed by atoms with Crippen molar-refractivity contribution in [2.45, 2.75) is 6.54 Å². The first-order valence-electron chi connectivity index (χ1n) is 2.97. The van der Waals surface area contributed by atoms with E-state index in [0.717, 1.165) is 6.07 Å². The minimum atomic E-state index is -0.547. The molecule has 0 atom stereocenters. The molecule has 0 aliphatic rings. The third kappa shape index (κ3) is 1.30. The number of hydrogen-bond acceptors (Lipinski definition) is 0. The molecule has 0 bridgehead atoms. The molecule has 0 spiro atoms. The second-order valence-electron chi connectivity index (χ2n) is 1.99. The first-order valence-corrected chi connectivity index (χ1v) is 2.97. The van der Waals surface area contributed by atoms with Gasteiger partial charge in [-0.25, -0.2) is 8.78 Å². The first kappa shape index (κ1) is 7.15. The first-order chi connectivity index (χ1) is 4.74. The van der Waals surface area contributed by atoms with E-state index >= 15 is 0 Å². The van der Waals surface area contributed by atoms with Gasteiger partial charge < -0.3 is 5.73 Å². The van der Waals surface area contributed by atoms with E-state index in [9.17, 15) is 8.78 Å². The molecule has 3 heteroatoms. The third-order valence-electron chi connectivity index (χ3n) is 1.28. The normalized spacial score (nSPS) is 9.90. The second kappa shape index (κ2) is 2.75. The van der Waals surface area contributed by atoms with Gasteiger partial charge in [-0.1, -0.05) is 0 Å². The molecule has 0 saturated heterocycles. The van der Waals surface area contributed by atoms with Gasteiger partial charge >= 0.3 is 0 Å². The largest absolute Gasteiger partial charge is 0.354 e. The van der Waals surface area contributed by atoms with Crippen LogP contribution in [0.2, 0.25) is 0 Å². The van der Waals surface area contributed by atoms with E-state index in [1.165, 1.54) is 12.1 Å². The summed E-state index contributed by atoms with van der Waals surface area (Å²) >= 11 is 0. The number of rotatable bonds is 1. The highest BCUT2D eigenvalue weighted by atomic mass is 19.1. The Balaban J connectivity index is 3.07. The molecule has 0 saturated carbocycles. The SMILES string of the molecule is [NH3+]Cc1ccc(F)cc1F. The Bertz CT molecular complexity index is 235. The van der Waals surface area contributed by atoms with Crippen molar-refractivity contribution in [3.63, 3.8) is 0 Å².